The zero-order chi connectivity index (χ0) is 11.4. The molecule has 3 rings (SSSR count). The lowest BCUT2D eigenvalue weighted by Gasteiger charge is -2.32. The van der Waals surface area contributed by atoms with Crippen LogP contribution in [0.5, 0.6) is 0 Å². The smallest absolute Gasteiger partial charge is 0.259 e. The lowest BCUT2D eigenvalue weighted by Crippen LogP contribution is -2.43. The van der Waals surface area contributed by atoms with Gasteiger partial charge in [0.1, 0.15) is 0 Å². The second-order valence-corrected chi connectivity index (χ2v) is 4.50. The first-order chi connectivity index (χ1) is 7.58. The number of hydrogen-bond donors (Lipinski definition) is 2. The first-order valence-electron chi connectivity index (χ1n) is 5.28. The van der Waals surface area contributed by atoms with Gasteiger partial charge >= 0.3 is 0 Å². The van der Waals surface area contributed by atoms with Gasteiger partial charge in [0.05, 0.1) is 11.2 Å². The van der Waals surface area contributed by atoms with Gasteiger partial charge < -0.3 is 11.1 Å². The number of nitrogens with one attached hydrogen (secondary N) is 1. The predicted molar refractivity (Wildman–Crippen MR) is 55.1 cm³/mol. The number of aromatic nitrogens is 1. The van der Waals surface area contributed by atoms with Crippen molar-refractivity contribution in [1.29, 1.82) is 0 Å². The van der Waals surface area contributed by atoms with Crippen LogP contribution in [-0.2, 0) is 16.0 Å². The number of carbonyl (C=O) groups excluding carboxylic acids is 1. The van der Waals surface area contributed by atoms with Crippen LogP contribution in [-0.4, -0.2) is 17.4 Å². The molecule has 2 atom stereocenters. The van der Waals surface area contributed by atoms with Crippen LogP contribution < -0.4 is 11.1 Å². The Balaban J connectivity index is 2.19. The van der Waals surface area contributed by atoms with Gasteiger partial charge in [0.15, 0.2) is 0 Å². The third-order valence-corrected chi connectivity index (χ3v) is 3.58. The number of hydrogen-bond acceptors (Lipinski definition) is 3. The Kier molecular flexibility index (Phi) is 1.70. The van der Waals surface area contributed by atoms with E-state index in [1.165, 1.54) is 0 Å². The number of fused-ring (bicyclic) bond motifs is 2. The molecule has 16 heavy (non-hydrogen) atoms. The Morgan fingerprint density at radius 3 is 2.94 bits per heavy atom. The molecule has 0 bridgehead atoms. The summed E-state index contributed by atoms with van der Waals surface area (Å²) < 4.78 is 14.5. The molecule has 84 valence electrons. The van der Waals surface area contributed by atoms with E-state index >= 15 is 0 Å². The van der Waals surface area contributed by atoms with Crippen molar-refractivity contribution in [3.05, 3.63) is 29.6 Å². The van der Waals surface area contributed by atoms with E-state index in [0.29, 0.717) is 17.7 Å². The number of amides is 1. The average Bonchev–Trinajstić information content (AvgIpc) is 3.06. The number of nitrogens with two attached hydrogens (primary N) is 1. The van der Waals surface area contributed by atoms with Crippen molar-refractivity contribution < 1.29 is 9.18 Å². The predicted octanol–water partition coefficient (Wildman–Crippen LogP) is 0.324. The quantitative estimate of drug-likeness (QED) is 0.670. The molecule has 0 aromatic carbocycles. The lowest BCUT2D eigenvalue weighted by molar-refractivity contribution is -0.131. The molecular formula is C11H12FN3O. The summed E-state index contributed by atoms with van der Waals surface area (Å²) in [7, 11) is 0. The molecular weight excluding hydrogens is 209 g/mol. The van der Waals surface area contributed by atoms with Gasteiger partial charge in [-0.15, -0.1) is 0 Å². The molecule has 0 saturated carbocycles. The summed E-state index contributed by atoms with van der Waals surface area (Å²) in [4.78, 5) is 15.5. The van der Waals surface area contributed by atoms with Crippen molar-refractivity contribution >= 4 is 5.91 Å². The van der Waals surface area contributed by atoms with E-state index in [1.807, 2.05) is 0 Å². The number of carbonyl (C=O) groups is 1. The summed E-state index contributed by atoms with van der Waals surface area (Å²) >= 11 is 0. The molecule has 1 aromatic heterocycles. The molecule has 1 spiro atoms. The van der Waals surface area contributed by atoms with E-state index in [9.17, 15) is 9.18 Å². The highest BCUT2D eigenvalue weighted by Gasteiger charge is 2.56. The number of halogens is 1. The van der Waals surface area contributed by atoms with Crippen molar-refractivity contribution in [2.75, 3.05) is 6.54 Å². The number of nitrogens with zero attached hydrogens (tertiary/aromatic N) is 1. The molecule has 2 heterocycles. The molecule has 2 unspecified atom stereocenters. The molecule has 0 radical (unpaired) electrons. The van der Waals surface area contributed by atoms with Gasteiger partial charge in [0.25, 0.3) is 5.91 Å². The molecule has 1 fully saturated rings. The van der Waals surface area contributed by atoms with Crippen molar-refractivity contribution in [2.45, 2.75) is 24.0 Å². The van der Waals surface area contributed by atoms with Gasteiger partial charge in [-0.3, -0.25) is 9.78 Å². The minimum Gasteiger partial charge on any atom is -0.367 e. The van der Waals surface area contributed by atoms with Crippen LogP contribution in [0.3, 0.4) is 0 Å². The molecule has 2 aliphatic rings. The first-order valence-corrected chi connectivity index (χ1v) is 5.28. The summed E-state index contributed by atoms with van der Waals surface area (Å²) in [6, 6.07) is 3.24. The lowest BCUT2D eigenvalue weighted by atomic mass is 9.76. The zero-order valence-corrected chi connectivity index (χ0v) is 8.66. The highest BCUT2D eigenvalue weighted by Crippen LogP contribution is 2.48. The fourth-order valence-electron chi connectivity index (χ4n) is 2.45. The summed E-state index contributed by atoms with van der Waals surface area (Å²) in [5.41, 5.74) is 3.87. The van der Waals surface area contributed by atoms with E-state index in [-0.39, 0.29) is 12.0 Å². The topological polar surface area (TPSA) is 77.9 Å². The standard InChI is InChI=1S/C11H12FN3O/c12-11(9(13)16)4-3-10(6-15-10)8-7(11)2-1-5-14-8/h1-2,5,15H,3-4,6H2,(H2,13,16). The third-order valence-electron chi connectivity index (χ3n) is 3.58. The molecule has 1 saturated heterocycles. The van der Waals surface area contributed by atoms with Crippen LogP contribution in [0.15, 0.2) is 18.3 Å². The van der Waals surface area contributed by atoms with Crippen LogP contribution in [0.2, 0.25) is 0 Å². The fourth-order valence-corrected chi connectivity index (χ4v) is 2.45. The monoisotopic (exact) mass is 221 g/mol. The molecule has 5 heteroatoms. The van der Waals surface area contributed by atoms with Gasteiger partial charge in [0, 0.05) is 18.3 Å². The Morgan fingerprint density at radius 2 is 2.31 bits per heavy atom. The third kappa shape index (κ3) is 1.06. The second kappa shape index (κ2) is 2.79. The highest BCUT2D eigenvalue weighted by molar-refractivity contribution is 5.85. The van der Waals surface area contributed by atoms with Gasteiger partial charge in [-0.25, -0.2) is 4.39 Å². The largest absolute Gasteiger partial charge is 0.367 e. The van der Waals surface area contributed by atoms with Crippen LogP contribution in [0.1, 0.15) is 24.1 Å². The molecule has 1 aromatic rings. The maximum absolute atomic E-state index is 14.5. The number of primary amides is 1. The molecule has 1 aliphatic heterocycles. The van der Waals surface area contributed by atoms with Gasteiger partial charge in [-0.2, -0.15) is 0 Å². The minimum absolute atomic E-state index is 0.133. The molecule has 1 amide bonds. The fraction of sp³-hybridized carbons (Fsp3) is 0.455. The van der Waals surface area contributed by atoms with E-state index in [2.05, 4.69) is 10.3 Å². The Morgan fingerprint density at radius 1 is 1.56 bits per heavy atom. The maximum Gasteiger partial charge on any atom is 0.259 e. The highest BCUT2D eigenvalue weighted by atomic mass is 19.1. The number of alkyl halides is 1. The van der Waals surface area contributed by atoms with E-state index in [0.717, 1.165) is 6.54 Å². The van der Waals surface area contributed by atoms with E-state index < -0.39 is 11.6 Å². The average molecular weight is 221 g/mol. The van der Waals surface area contributed by atoms with Crippen LogP contribution >= 0.6 is 0 Å². The Labute approximate surface area is 92.0 Å². The van der Waals surface area contributed by atoms with Gasteiger partial charge in [-0.05, 0) is 18.9 Å². The zero-order valence-electron chi connectivity index (χ0n) is 8.66. The normalized spacial score (nSPS) is 35.8. The van der Waals surface area contributed by atoms with Crippen LogP contribution in [0, 0.1) is 0 Å². The maximum atomic E-state index is 14.5. The van der Waals surface area contributed by atoms with Gasteiger partial charge in [-0.1, -0.05) is 6.07 Å². The van der Waals surface area contributed by atoms with E-state index in [4.69, 9.17) is 5.73 Å². The summed E-state index contributed by atoms with van der Waals surface area (Å²) in [5.74, 6) is -0.919. The van der Waals surface area contributed by atoms with Crippen LogP contribution in [0.4, 0.5) is 4.39 Å². The molecule has 1 aliphatic carbocycles. The number of rotatable bonds is 1. The van der Waals surface area contributed by atoms with Crippen molar-refractivity contribution in [1.82, 2.24) is 10.3 Å². The Hall–Kier alpha value is -1.49. The Bertz CT molecular complexity index is 472. The summed E-state index contributed by atoms with van der Waals surface area (Å²) in [5, 5.41) is 3.20. The number of pyridine rings is 1. The minimum atomic E-state index is -2.06. The van der Waals surface area contributed by atoms with Crippen molar-refractivity contribution in [3.63, 3.8) is 0 Å². The van der Waals surface area contributed by atoms with E-state index in [1.54, 1.807) is 18.3 Å². The summed E-state index contributed by atoms with van der Waals surface area (Å²) in [6.45, 7) is 0.797. The summed E-state index contributed by atoms with van der Waals surface area (Å²) in [6.07, 6.45) is 2.32. The van der Waals surface area contributed by atoms with Crippen LogP contribution in [0.25, 0.3) is 0 Å². The molecule has 4 nitrogen and oxygen atoms in total. The van der Waals surface area contributed by atoms with Crippen molar-refractivity contribution in [2.24, 2.45) is 5.73 Å². The van der Waals surface area contributed by atoms with Gasteiger partial charge in [0.2, 0.25) is 5.67 Å². The molecule has 3 N–H and O–H groups in total. The second-order valence-electron chi connectivity index (χ2n) is 4.50. The SMILES string of the molecule is NC(=O)C1(F)CCC2(CN2)c2ncccc21. The van der Waals surface area contributed by atoms with Crippen molar-refractivity contribution in [3.8, 4) is 0 Å². The first kappa shape index (κ1) is 9.72.